The molecule has 4 heteroatoms. The van der Waals surface area contributed by atoms with Crippen molar-refractivity contribution in [3.8, 4) is 5.75 Å². The molecule has 1 aliphatic rings. The first-order valence-electron chi connectivity index (χ1n) is 6.03. The van der Waals surface area contributed by atoms with Crippen LogP contribution in [0, 0.1) is 11.8 Å². The van der Waals surface area contributed by atoms with E-state index in [0.29, 0.717) is 11.8 Å². The Morgan fingerprint density at radius 2 is 2.24 bits per heavy atom. The molecule has 0 bridgehead atoms. The van der Waals surface area contributed by atoms with E-state index in [-0.39, 0.29) is 17.4 Å². The number of carbonyl (C=O) groups excluding carboxylic acids is 1. The van der Waals surface area contributed by atoms with Crippen LogP contribution in [-0.4, -0.2) is 34.0 Å². The number of hydrogen-bond donors (Lipinski definition) is 1. The van der Waals surface area contributed by atoms with Gasteiger partial charge in [0, 0.05) is 19.3 Å². The maximum Gasteiger partial charge on any atom is 0.276 e. The quantitative estimate of drug-likeness (QED) is 0.807. The van der Waals surface area contributed by atoms with Crippen LogP contribution < -0.4 is 0 Å². The van der Waals surface area contributed by atoms with Gasteiger partial charge in [-0.3, -0.25) is 4.79 Å². The first kappa shape index (κ1) is 11.9. The fourth-order valence-electron chi connectivity index (χ4n) is 2.16. The molecular formula is C13H18N2O2. The monoisotopic (exact) mass is 234 g/mol. The van der Waals surface area contributed by atoms with E-state index in [0.717, 1.165) is 19.5 Å². The molecule has 92 valence electrons. The summed E-state index contributed by atoms with van der Waals surface area (Å²) in [7, 11) is 0. The third-order valence-corrected chi connectivity index (χ3v) is 3.61. The molecule has 0 aromatic carbocycles. The highest BCUT2D eigenvalue weighted by molar-refractivity contribution is 5.94. The Kier molecular flexibility index (Phi) is 3.31. The molecule has 2 atom stereocenters. The van der Waals surface area contributed by atoms with Crippen molar-refractivity contribution in [2.75, 3.05) is 13.1 Å². The topological polar surface area (TPSA) is 53.4 Å². The SMILES string of the molecule is CC1CCN(C(=O)c2ncccc2O)CC1C. The van der Waals surface area contributed by atoms with Crippen LogP contribution in [0.15, 0.2) is 18.3 Å². The number of piperidine rings is 1. The average molecular weight is 234 g/mol. The van der Waals surface area contributed by atoms with Gasteiger partial charge in [-0.05, 0) is 30.4 Å². The summed E-state index contributed by atoms with van der Waals surface area (Å²) in [5.74, 6) is 0.945. The molecule has 2 rings (SSSR count). The van der Waals surface area contributed by atoms with Crippen molar-refractivity contribution >= 4 is 5.91 Å². The van der Waals surface area contributed by atoms with Crippen molar-refractivity contribution in [2.24, 2.45) is 11.8 Å². The summed E-state index contributed by atoms with van der Waals surface area (Å²) in [4.78, 5) is 17.9. The lowest BCUT2D eigenvalue weighted by Crippen LogP contribution is -2.42. The van der Waals surface area contributed by atoms with Gasteiger partial charge >= 0.3 is 0 Å². The lowest BCUT2D eigenvalue weighted by Gasteiger charge is -2.35. The van der Waals surface area contributed by atoms with E-state index in [2.05, 4.69) is 18.8 Å². The summed E-state index contributed by atoms with van der Waals surface area (Å²) in [6, 6.07) is 3.11. The Labute approximate surface area is 101 Å². The summed E-state index contributed by atoms with van der Waals surface area (Å²) < 4.78 is 0. The highest BCUT2D eigenvalue weighted by Gasteiger charge is 2.28. The molecule has 0 radical (unpaired) electrons. The summed E-state index contributed by atoms with van der Waals surface area (Å²) in [6.07, 6.45) is 2.55. The van der Waals surface area contributed by atoms with Gasteiger partial charge in [0.05, 0.1) is 0 Å². The molecule has 0 aliphatic carbocycles. The van der Waals surface area contributed by atoms with Gasteiger partial charge in [0.2, 0.25) is 0 Å². The third-order valence-electron chi connectivity index (χ3n) is 3.61. The molecule has 2 unspecified atom stereocenters. The second-order valence-electron chi connectivity index (χ2n) is 4.87. The minimum Gasteiger partial charge on any atom is -0.505 e. The zero-order valence-corrected chi connectivity index (χ0v) is 10.3. The number of carbonyl (C=O) groups is 1. The van der Waals surface area contributed by atoms with E-state index in [1.165, 1.54) is 12.3 Å². The second-order valence-corrected chi connectivity index (χ2v) is 4.87. The third kappa shape index (κ3) is 2.40. The van der Waals surface area contributed by atoms with Crippen molar-refractivity contribution in [1.82, 2.24) is 9.88 Å². The number of rotatable bonds is 1. The minimum absolute atomic E-state index is 0.0382. The standard InChI is InChI=1S/C13H18N2O2/c1-9-5-7-15(8-10(9)2)13(17)12-11(16)4-3-6-14-12/h3-4,6,9-10,16H,5,7-8H2,1-2H3. The van der Waals surface area contributed by atoms with Crippen LogP contribution in [0.25, 0.3) is 0 Å². The smallest absolute Gasteiger partial charge is 0.276 e. The lowest BCUT2D eigenvalue weighted by molar-refractivity contribution is 0.0618. The van der Waals surface area contributed by atoms with E-state index >= 15 is 0 Å². The van der Waals surface area contributed by atoms with Crippen LogP contribution in [0.4, 0.5) is 0 Å². The summed E-state index contributed by atoms with van der Waals surface area (Å²) >= 11 is 0. The number of nitrogens with zero attached hydrogens (tertiary/aromatic N) is 2. The van der Waals surface area contributed by atoms with Crippen LogP contribution in [0.1, 0.15) is 30.8 Å². The average Bonchev–Trinajstić information content (AvgIpc) is 2.32. The second kappa shape index (κ2) is 4.73. The molecular weight excluding hydrogens is 216 g/mol. The highest BCUT2D eigenvalue weighted by Crippen LogP contribution is 2.24. The predicted octanol–water partition coefficient (Wildman–Crippen LogP) is 1.91. The van der Waals surface area contributed by atoms with Crippen molar-refractivity contribution in [3.63, 3.8) is 0 Å². The number of likely N-dealkylation sites (tertiary alicyclic amines) is 1. The Morgan fingerprint density at radius 1 is 1.47 bits per heavy atom. The Bertz CT molecular complexity index is 420. The van der Waals surface area contributed by atoms with E-state index < -0.39 is 0 Å². The molecule has 1 aromatic heterocycles. The first-order chi connectivity index (χ1) is 8.09. The van der Waals surface area contributed by atoms with Crippen molar-refractivity contribution < 1.29 is 9.90 Å². The molecule has 1 saturated heterocycles. The van der Waals surface area contributed by atoms with Gasteiger partial charge < -0.3 is 10.0 Å². The minimum atomic E-state index is -0.165. The molecule has 0 spiro atoms. The molecule has 4 nitrogen and oxygen atoms in total. The lowest BCUT2D eigenvalue weighted by atomic mass is 9.88. The number of amides is 1. The van der Waals surface area contributed by atoms with Gasteiger partial charge in [0.1, 0.15) is 5.75 Å². The van der Waals surface area contributed by atoms with Crippen molar-refractivity contribution in [2.45, 2.75) is 20.3 Å². The fraction of sp³-hybridized carbons (Fsp3) is 0.538. The van der Waals surface area contributed by atoms with Crippen LogP contribution in [-0.2, 0) is 0 Å². The van der Waals surface area contributed by atoms with Gasteiger partial charge in [-0.25, -0.2) is 4.98 Å². The van der Waals surface area contributed by atoms with Crippen LogP contribution in [0.2, 0.25) is 0 Å². The van der Waals surface area contributed by atoms with E-state index in [1.54, 1.807) is 11.0 Å². The maximum atomic E-state index is 12.2. The predicted molar refractivity (Wildman–Crippen MR) is 64.8 cm³/mol. The summed E-state index contributed by atoms with van der Waals surface area (Å²) in [5, 5.41) is 9.62. The molecule has 0 saturated carbocycles. The van der Waals surface area contributed by atoms with Gasteiger partial charge in [-0.1, -0.05) is 13.8 Å². The van der Waals surface area contributed by atoms with Crippen LogP contribution >= 0.6 is 0 Å². The van der Waals surface area contributed by atoms with Gasteiger partial charge in [0.25, 0.3) is 5.91 Å². The molecule has 1 N–H and O–H groups in total. The molecule has 2 heterocycles. The Hall–Kier alpha value is -1.58. The number of aromatic nitrogens is 1. The molecule has 1 aromatic rings. The van der Waals surface area contributed by atoms with E-state index in [9.17, 15) is 9.90 Å². The highest BCUT2D eigenvalue weighted by atomic mass is 16.3. The number of hydrogen-bond acceptors (Lipinski definition) is 3. The zero-order chi connectivity index (χ0) is 12.4. The fourth-order valence-corrected chi connectivity index (χ4v) is 2.16. The number of pyridine rings is 1. The van der Waals surface area contributed by atoms with Gasteiger partial charge in [-0.15, -0.1) is 0 Å². The van der Waals surface area contributed by atoms with Crippen LogP contribution in [0.3, 0.4) is 0 Å². The Morgan fingerprint density at radius 3 is 2.88 bits per heavy atom. The molecule has 1 fully saturated rings. The van der Waals surface area contributed by atoms with Crippen molar-refractivity contribution in [3.05, 3.63) is 24.0 Å². The normalized spacial score (nSPS) is 24.7. The first-order valence-corrected chi connectivity index (χ1v) is 6.03. The molecule has 1 amide bonds. The molecule has 17 heavy (non-hydrogen) atoms. The number of aromatic hydroxyl groups is 1. The van der Waals surface area contributed by atoms with Gasteiger partial charge in [0.15, 0.2) is 5.69 Å². The van der Waals surface area contributed by atoms with Gasteiger partial charge in [-0.2, -0.15) is 0 Å². The van der Waals surface area contributed by atoms with E-state index in [4.69, 9.17) is 0 Å². The summed E-state index contributed by atoms with van der Waals surface area (Å²) in [6.45, 7) is 5.86. The maximum absolute atomic E-state index is 12.2. The summed E-state index contributed by atoms with van der Waals surface area (Å²) in [5.41, 5.74) is 0.161. The molecule has 1 aliphatic heterocycles. The van der Waals surface area contributed by atoms with Crippen LogP contribution in [0.5, 0.6) is 5.75 Å². The zero-order valence-electron chi connectivity index (χ0n) is 10.3. The Balaban J connectivity index is 2.14. The largest absolute Gasteiger partial charge is 0.505 e. The van der Waals surface area contributed by atoms with E-state index in [1.807, 2.05) is 0 Å². The van der Waals surface area contributed by atoms with Crippen molar-refractivity contribution in [1.29, 1.82) is 0 Å².